The van der Waals surface area contributed by atoms with Crippen molar-refractivity contribution in [2.45, 2.75) is 253 Å². The SMILES string of the molecule is CCCCCCCCCCCCCCCN(CC)CCCN(CCCCCCCCCCCCCCC)CCCCCC(=O)Nc1nc(OCCCC)nc2c1[nH]c(=O)n2Cc1cccc(CC(=O)OC)c1. The summed E-state index contributed by atoms with van der Waals surface area (Å²) in [6.45, 7) is 16.5. The number of imidazole rings is 1. The number of hydrogen-bond donors (Lipinski definition) is 2. The summed E-state index contributed by atoms with van der Waals surface area (Å²) in [7, 11) is 1.37. The van der Waals surface area contributed by atoms with Crippen molar-refractivity contribution < 1.29 is 19.1 Å². The van der Waals surface area contributed by atoms with Gasteiger partial charge in [-0.1, -0.05) is 219 Å². The highest BCUT2D eigenvalue weighted by molar-refractivity contribution is 5.97. The Morgan fingerprint density at radius 2 is 1.06 bits per heavy atom. The van der Waals surface area contributed by atoms with E-state index in [1.807, 2.05) is 24.3 Å². The summed E-state index contributed by atoms with van der Waals surface area (Å²) in [5.41, 5.74) is 1.94. The zero-order valence-corrected chi connectivity index (χ0v) is 46.8. The number of hydrogen-bond acceptors (Lipinski definition) is 9. The van der Waals surface area contributed by atoms with E-state index >= 15 is 0 Å². The van der Waals surface area contributed by atoms with Crippen LogP contribution in [0.5, 0.6) is 6.01 Å². The second-order valence-corrected chi connectivity index (χ2v) is 20.8. The molecule has 0 saturated heterocycles. The summed E-state index contributed by atoms with van der Waals surface area (Å²) < 4.78 is 12.3. The second kappa shape index (κ2) is 41.6. The van der Waals surface area contributed by atoms with Gasteiger partial charge in [-0.3, -0.25) is 14.2 Å². The lowest BCUT2D eigenvalue weighted by atomic mass is 10.0. The van der Waals surface area contributed by atoms with Crippen molar-refractivity contribution in [3.8, 4) is 6.01 Å². The summed E-state index contributed by atoms with van der Waals surface area (Å²) in [5.74, 6) is -0.239. The first-order chi connectivity index (χ1) is 35.3. The summed E-state index contributed by atoms with van der Waals surface area (Å²) >= 11 is 0. The number of fused-ring (bicyclic) bond motifs is 1. The smallest absolute Gasteiger partial charge is 0.328 e. The Morgan fingerprint density at radius 3 is 1.58 bits per heavy atom. The molecule has 1 amide bonds. The molecule has 0 bridgehead atoms. The van der Waals surface area contributed by atoms with Crippen LogP contribution in [-0.2, 0) is 27.3 Å². The third-order valence-electron chi connectivity index (χ3n) is 14.4. The molecule has 0 radical (unpaired) electrons. The number of carbonyl (C=O) groups is 2. The Labute approximate surface area is 438 Å². The van der Waals surface area contributed by atoms with Crippen LogP contribution >= 0.6 is 0 Å². The lowest BCUT2D eigenvalue weighted by molar-refractivity contribution is -0.139. The number of ether oxygens (including phenoxy) is 2. The molecular weight excluding hydrogens is 899 g/mol. The Balaban J connectivity index is 1.48. The van der Waals surface area contributed by atoms with Gasteiger partial charge in [0.1, 0.15) is 5.52 Å². The van der Waals surface area contributed by atoms with E-state index in [1.54, 1.807) is 0 Å². The quantitative estimate of drug-likeness (QED) is 0.0419. The van der Waals surface area contributed by atoms with Crippen molar-refractivity contribution >= 4 is 28.9 Å². The predicted octanol–water partition coefficient (Wildman–Crippen LogP) is 14.8. The molecule has 0 saturated carbocycles. The summed E-state index contributed by atoms with van der Waals surface area (Å²) in [6.07, 6.45) is 42.3. The number of rotatable bonds is 48. The van der Waals surface area contributed by atoms with Crippen LogP contribution < -0.4 is 15.7 Å². The number of esters is 1. The van der Waals surface area contributed by atoms with Gasteiger partial charge in [-0.05, 0) is 88.9 Å². The molecule has 0 spiro atoms. The van der Waals surface area contributed by atoms with Crippen molar-refractivity contribution in [1.29, 1.82) is 0 Å². The number of anilines is 1. The number of nitrogens with one attached hydrogen (secondary N) is 2. The van der Waals surface area contributed by atoms with E-state index < -0.39 is 0 Å². The molecule has 1 aromatic carbocycles. The van der Waals surface area contributed by atoms with Crippen molar-refractivity contribution in [2.24, 2.45) is 0 Å². The van der Waals surface area contributed by atoms with Gasteiger partial charge in [0.25, 0.3) is 0 Å². The molecule has 0 aliphatic carbocycles. The second-order valence-electron chi connectivity index (χ2n) is 20.8. The maximum Gasteiger partial charge on any atom is 0.328 e. The maximum absolute atomic E-state index is 13.5. The van der Waals surface area contributed by atoms with E-state index in [4.69, 9.17) is 9.47 Å². The number of H-pyrrole nitrogens is 1. The van der Waals surface area contributed by atoms with Crippen LogP contribution in [0.25, 0.3) is 11.2 Å². The Morgan fingerprint density at radius 1 is 0.583 bits per heavy atom. The van der Waals surface area contributed by atoms with E-state index in [0.29, 0.717) is 24.2 Å². The average Bonchev–Trinajstić information content (AvgIpc) is 3.69. The molecule has 2 heterocycles. The van der Waals surface area contributed by atoms with E-state index in [1.165, 1.54) is 198 Å². The lowest BCUT2D eigenvalue weighted by Crippen LogP contribution is -2.32. The Hall–Kier alpha value is -3.77. The van der Waals surface area contributed by atoms with E-state index in [2.05, 4.69) is 57.8 Å². The molecule has 3 rings (SSSR count). The number of carbonyl (C=O) groups excluding carboxylic acids is 2. The van der Waals surface area contributed by atoms with Crippen LogP contribution in [0.4, 0.5) is 5.82 Å². The first-order valence-corrected chi connectivity index (χ1v) is 29.8. The molecular formula is C60H105N7O5. The maximum atomic E-state index is 13.5. The van der Waals surface area contributed by atoms with Crippen LogP contribution in [0.3, 0.4) is 0 Å². The summed E-state index contributed by atoms with van der Waals surface area (Å²) in [4.78, 5) is 56.3. The van der Waals surface area contributed by atoms with Crippen molar-refractivity contribution in [3.05, 3.63) is 45.9 Å². The third-order valence-corrected chi connectivity index (χ3v) is 14.4. The van der Waals surface area contributed by atoms with E-state index in [-0.39, 0.29) is 42.4 Å². The van der Waals surface area contributed by atoms with Crippen molar-refractivity contribution in [3.63, 3.8) is 0 Å². The van der Waals surface area contributed by atoms with Gasteiger partial charge < -0.3 is 29.6 Å². The fourth-order valence-corrected chi connectivity index (χ4v) is 9.86. The first kappa shape index (κ1) is 62.5. The van der Waals surface area contributed by atoms with Gasteiger partial charge in [0.05, 0.1) is 26.7 Å². The molecule has 410 valence electrons. The zero-order valence-electron chi connectivity index (χ0n) is 46.8. The van der Waals surface area contributed by atoms with Gasteiger partial charge >= 0.3 is 17.7 Å². The van der Waals surface area contributed by atoms with Gasteiger partial charge in [0.2, 0.25) is 5.91 Å². The largest absolute Gasteiger partial charge is 0.469 e. The molecule has 0 fully saturated rings. The topological polar surface area (TPSA) is 135 Å². The monoisotopic (exact) mass is 1000 g/mol. The molecule has 3 aromatic rings. The molecule has 0 aliphatic heterocycles. The molecule has 12 heteroatoms. The highest BCUT2D eigenvalue weighted by atomic mass is 16.5. The fraction of sp³-hybridized carbons (Fsp3) is 0.783. The number of benzene rings is 1. The van der Waals surface area contributed by atoms with Crippen LogP contribution in [0, 0.1) is 0 Å². The number of amides is 1. The minimum Gasteiger partial charge on any atom is -0.469 e. The molecule has 0 aliphatic rings. The van der Waals surface area contributed by atoms with Gasteiger partial charge in [0.15, 0.2) is 11.5 Å². The van der Waals surface area contributed by atoms with Gasteiger partial charge in [-0.25, -0.2) is 4.79 Å². The minimum atomic E-state index is -0.376. The highest BCUT2D eigenvalue weighted by Gasteiger charge is 2.19. The van der Waals surface area contributed by atoms with Gasteiger partial charge in [-0.2, -0.15) is 9.97 Å². The molecule has 12 nitrogen and oxygen atoms in total. The number of aromatic nitrogens is 4. The molecule has 0 atom stereocenters. The minimum absolute atomic E-state index is 0.115. The van der Waals surface area contributed by atoms with Crippen LogP contribution in [-0.4, -0.2) is 94.2 Å². The average molecular weight is 1000 g/mol. The van der Waals surface area contributed by atoms with Gasteiger partial charge in [0, 0.05) is 6.42 Å². The summed E-state index contributed by atoms with van der Waals surface area (Å²) in [5, 5.41) is 2.99. The molecule has 0 unspecified atom stereocenters. The molecule has 2 N–H and O–H groups in total. The normalized spacial score (nSPS) is 11.7. The lowest BCUT2D eigenvalue weighted by Gasteiger charge is -2.25. The predicted molar refractivity (Wildman–Crippen MR) is 301 cm³/mol. The number of aromatic amines is 1. The highest BCUT2D eigenvalue weighted by Crippen LogP contribution is 2.23. The number of methoxy groups -OCH3 is 1. The number of nitrogens with zero attached hydrogens (tertiary/aromatic N) is 5. The fourth-order valence-electron chi connectivity index (χ4n) is 9.86. The summed E-state index contributed by atoms with van der Waals surface area (Å²) in [6, 6.07) is 7.60. The van der Waals surface area contributed by atoms with E-state index in [9.17, 15) is 14.4 Å². The third kappa shape index (κ3) is 28.6. The Bertz CT molecular complexity index is 1880. The van der Waals surface area contributed by atoms with Crippen LogP contribution in [0.15, 0.2) is 29.1 Å². The van der Waals surface area contributed by atoms with Gasteiger partial charge in [-0.15, -0.1) is 0 Å². The van der Waals surface area contributed by atoms with Crippen molar-refractivity contribution in [1.82, 2.24) is 29.3 Å². The molecule has 72 heavy (non-hydrogen) atoms. The first-order valence-electron chi connectivity index (χ1n) is 29.8. The number of unbranched alkanes of at least 4 members (excludes halogenated alkanes) is 27. The van der Waals surface area contributed by atoms with Crippen molar-refractivity contribution in [2.75, 3.05) is 58.3 Å². The standard InChI is InChI=1S/C60H105N7O5/c1-6-10-13-15-17-19-21-23-25-27-29-31-35-43-65(9-4)46-39-47-66(44-36-32-30-28-26-24-22-20-18-16-14-11-7-2)45-37-33-34-42-54(68)61-57-56-58(64-59(63-57)72-48-12-8-3)67(60(70)62-56)51-53-41-38-40-52(49-53)50-55(69)71-5/h38,40-41,49H,6-37,39,42-48,50-51H2,1-5H3,(H,62,70)(H,61,63,64,68). The Kier molecular flexibility index (Phi) is 36.1. The van der Waals surface area contributed by atoms with E-state index in [0.717, 1.165) is 69.4 Å². The zero-order chi connectivity index (χ0) is 51.7. The van der Waals surface area contributed by atoms with Crippen LogP contribution in [0.2, 0.25) is 0 Å². The molecule has 2 aromatic heterocycles. The van der Waals surface area contributed by atoms with Crippen LogP contribution in [0.1, 0.15) is 251 Å².